The van der Waals surface area contributed by atoms with Gasteiger partial charge in [-0.2, -0.15) is 0 Å². The van der Waals surface area contributed by atoms with E-state index in [1.807, 2.05) is 89.8 Å². The molecule has 1 N–H and O–H groups in total. The van der Waals surface area contributed by atoms with E-state index >= 15 is 0 Å². The second kappa shape index (κ2) is 8.65. The molecular formula is C27H21N3OS. The van der Waals surface area contributed by atoms with Crippen LogP contribution < -0.4 is 5.32 Å². The number of anilines is 1. The molecule has 0 spiro atoms. The van der Waals surface area contributed by atoms with Crippen LogP contribution in [0.4, 0.5) is 5.69 Å². The van der Waals surface area contributed by atoms with Gasteiger partial charge in [-0.1, -0.05) is 36.4 Å². The fourth-order valence-corrected chi connectivity index (χ4v) is 4.48. The van der Waals surface area contributed by atoms with E-state index < -0.39 is 0 Å². The third-order valence-electron chi connectivity index (χ3n) is 5.35. The number of rotatable bonds is 5. The van der Waals surface area contributed by atoms with Gasteiger partial charge in [0.05, 0.1) is 5.69 Å². The summed E-state index contributed by atoms with van der Waals surface area (Å²) in [7, 11) is 0. The lowest BCUT2D eigenvalue weighted by Crippen LogP contribution is -2.11. The lowest BCUT2D eigenvalue weighted by atomic mass is 10.1. The number of nitrogens with one attached hydrogen (secondary N) is 1. The van der Waals surface area contributed by atoms with E-state index in [0.717, 1.165) is 33.2 Å². The molecule has 4 nitrogen and oxygen atoms in total. The minimum atomic E-state index is -0.132. The number of aromatic nitrogens is 2. The summed E-state index contributed by atoms with van der Waals surface area (Å²) in [6, 6.07) is 27.6. The van der Waals surface area contributed by atoms with Gasteiger partial charge >= 0.3 is 0 Å². The van der Waals surface area contributed by atoms with Gasteiger partial charge in [-0.15, -0.1) is 11.3 Å². The third-order valence-corrected chi connectivity index (χ3v) is 6.23. The molecule has 0 fully saturated rings. The molecule has 32 heavy (non-hydrogen) atoms. The van der Waals surface area contributed by atoms with Gasteiger partial charge in [-0.3, -0.25) is 4.79 Å². The number of carbonyl (C=O) groups is 1. The number of thiazole rings is 1. The first-order valence-electron chi connectivity index (χ1n) is 10.3. The van der Waals surface area contributed by atoms with E-state index in [0.29, 0.717) is 5.56 Å². The van der Waals surface area contributed by atoms with Crippen LogP contribution in [0.5, 0.6) is 0 Å². The molecule has 156 valence electrons. The van der Waals surface area contributed by atoms with Gasteiger partial charge in [-0.05, 0) is 61.0 Å². The molecule has 0 aliphatic rings. The van der Waals surface area contributed by atoms with Crippen LogP contribution in [0.15, 0.2) is 103 Å². The van der Waals surface area contributed by atoms with Crippen molar-refractivity contribution in [2.45, 2.75) is 6.92 Å². The first-order valence-corrected chi connectivity index (χ1v) is 11.2. The molecule has 3 aromatic carbocycles. The highest BCUT2D eigenvalue weighted by Crippen LogP contribution is 2.31. The van der Waals surface area contributed by atoms with Crippen molar-refractivity contribution in [3.8, 4) is 27.5 Å². The third kappa shape index (κ3) is 4.11. The molecule has 5 heteroatoms. The summed E-state index contributed by atoms with van der Waals surface area (Å²) in [5.41, 5.74) is 6.73. The number of aryl methyl sites for hydroxylation is 1. The fraction of sp³-hybridized carbons (Fsp3) is 0.0370. The summed E-state index contributed by atoms with van der Waals surface area (Å²) in [5, 5.41) is 6.05. The Kier molecular flexibility index (Phi) is 5.40. The minimum absolute atomic E-state index is 0.132. The van der Waals surface area contributed by atoms with E-state index in [9.17, 15) is 4.79 Å². The lowest BCUT2D eigenvalue weighted by Gasteiger charge is -2.08. The normalized spacial score (nSPS) is 10.8. The van der Waals surface area contributed by atoms with Crippen molar-refractivity contribution in [3.63, 3.8) is 0 Å². The first kappa shape index (κ1) is 20.0. The Bertz CT molecular complexity index is 1350. The van der Waals surface area contributed by atoms with Crippen molar-refractivity contribution in [1.29, 1.82) is 0 Å². The number of carbonyl (C=O) groups excluding carboxylic acids is 1. The minimum Gasteiger partial charge on any atom is -0.324 e. The molecule has 0 saturated heterocycles. The predicted octanol–water partition coefficient (Wildman–Crippen LogP) is 6.83. The number of nitrogens with zero attached hydrogens (tertiary/aromatic N) is 2. The molecule has 5 aromatic rings. The first-order chi connectivity index (χ1) is 15.7. The van der Waals surface area contributed by atoms with Crippen LogP contribution in [-0.4, -0.2) is 15.5 Å². The Hall–Kier alpha value is -3.96. The maximum Gasteiger partial charge on any atom is 0.255 e. The van der Waals surface area contributed by atoms with Crippen LogP contribution in [0, 0.1) is 6.92 Å². The molecule has 0 radical (unpaired) electrons. The highest BCUT2D eigenvalue weighted by molar-refractivity contribution is 7.13. The molecule has 5 rings (SSSR count). The van der Waals surface area contributed by atoms with Crippen molar-refractivity contribution < 1.29 is 4.79 Å². The summed E-state index contributed by atoms with van der Waals surface area (Å²) >= 11 is 1.64. The quantitative estimate of drug-likeness (QED) is 0.329. The molecule has 2 aromatic heterocycles. The smallest absolute Gasteiger partial charge is 0.255 e. The van der Waals surface area contributed by atoms with E-state index in [2.05, 4.69) is 29.8 Å². The van der Waals surface area contributed by atoms with Crippen molar-refractivity contribution in [3.05, 3.63) is 114 Å². The van der Waals surface area contributed by atoms with E-state index in [4.69, 9.17) is 4.98 Å². The number of benzene rings is 3. The second-order valence-electron chi connectivity index (χ2n) is 7.52. The van der Waals surface area contributed by atoms with Gasteiger partial charge in [0.15, 0.2) is 0 Å². The molecule has 2 heterocycles. The van der Waals surface area contributed by atoms with Gasteiger partial charge in [0, 0.05) is 45.8 Å². The lowest BCUT2D eigenvalue weighted by molar-refractivity contribution is 0.102. The topological polar surface area (TPSA) is 46.9 Å². The van der Waals surface area contributed by atoms with Gasteiger partial charge < -0.3 is 9.88 Å². The largest absolute Gasteiger partial charge is 0.324 e. The van der Waals surface area contributed by atoms with Gasteiger partial charge in [0.1, 0.15) is 5.01 Å². The molecule has 0 bridgehead atoms. The predicted molar refractivity (Wildman–Crippen MR) is 131 cm³/mol. The Morgan fingerprint density at radius 3 is 2.31 bits per heavy atom. The van der Waals surface area contributed by atoms with Crippen LogP contribution in [0.1, 0.15) is 15.9 Å². The number of hydrogen-bond acceptors (Lipinski definition) is 3. The van der Waals surface area contributed by atoms with Crippen molar-refractivity contribution in [2.24, 2.45) is 0 Å². The summed E-state index contributed by atoms with van der Waals surface area (Å²) < 4.78 is 2.00. The van der Waals surface area contributed by atoms with Crippen LogP contribution in [0.3, 0.4) is 0 Å². The average Bonchev–Trinajstić information content (AvgIpc) is 3.53. The zero-order valence-corrected chi connectivity index (χ0v) is 18.3. The molecular weight excluding hydrogens is 414 g/mol. The zero-order valence-electron chi connectivity index (χ0n) is 17.5. The van der Waals surface area contributed by atoms with Crippen LogP contribution in [-0.2, 0) is 0 Å². The van der Waals surface area contributed by atoms with Crippen molar-refractivity contribution >= 4 is 22.9 Å². The number of hydrogen-bond donors (Lipinski definition) is 1. The van der Waals surface area contributed by atoms with Crippen LogP contribution in [0.25, 0.3) is 27.5 Å². The Balaban J connectivity index is 1.28. The highest BCUT2D eigenvalue weighted by atomic mass is 32.1. The Morgan fingerprint density at radius 2 is 1.59 bits per heavy atom. The monoisotopic (exact) mass is 435 g/mol. The summed E-state index contributed by atoms with van der Waals surface area (Å²) in [6.07, 6.45) is 3.95. The molecule has 0 atom stereocenters. The van der Waals surface area contributed by atoms with E-state index in [-0.39, 0.29) is 5.91 Å². The van der Waals surface area contributed by atoms with Gasteiger partial charge in [-0.25, -0.2) is 4.98 Å². The van der Waals surface area contributed by atoms with E-state index in [1.165, 1.54) is 5.56 Å². The average molecular weight is 436 g/mol. The molecule has 0 unspecified atom stereocenters. The summed E-state index contributed by atoms with van der Waals surface area (Å²) in [4.78, 5) is 17.4. The van der Waals surface area contributed by atoms with E-state index in [1.54, 1.807) is 11.3 Å². The SMILES string of the molecule is Cc1ccccc1-c1nc(-c2ccc(NC(=O)c3ccc(-n4cccc4)cc3)cc2)cs1. The van der Waals surface area contributed by atoms with Crippen LogP contribution in [0.2, 0.25) is 0 Å². The molecule has 1 amide bonds. The zero-order chi connectivity index (χ0) is 21.9. The molecule has 0 saturated carbocycles. The van der Waals surface area contributed by atoms with Crippen LogP contribution >= 0.6 is 11.3 Å². The summed E-state index contributed by atoms with van der Waals surface area (Å²) in [5.74, 6) is -0.132. The maximum absolute atomic E-state index is 12.6. The number of amides is 1. The fourth-order valence-electron chi connectivity index (χ4n) is 3.56. The van der Waals surface area contributed by atoms with Gasteiger partial charge in [0.25, 0.3) is 5.91 Å². The van der Waals surface area contributed by atoms with Gasteiger partial charge in [0.2, 0.25) is 0 Å². The van der Waals surface area contributed by atoms with Crippen molar-refractivity contribution in [2.75, 3.05) is 5.32 Å². The Morgan fingerprint density at radius 1 is 0.875 bits per heavy atom. The highest BCUT2D eigenvalue weighted by Gasteiger charge is 2.10. The summed E-state index contributed by atoms with van der Waals surface area (Å²) in [6.45, 7) is 2.10. The maximum atomic E-state index is 12.6. The second-order valence-corrected chi connectivity index (χ2v) is 8.38. The standard InChI is InChI=1S/C27H21N3OS/c1-19-6-2-3-7-24(19)27-29-25(18-32-27)20-8-12-22(13-9-20)28-26(31)21-10-14-23(15-11-21)30-16-4-5-17-30/h2-18H,1H3,(H,28,31). The Labute approximate surface area is 190 Å². The van der Waals surface area contributed by atoms with Crippen molar-refractivity contribution in [1.82, 2.24) is 9.55 Å². The molecule has 0 aliphatic heterocycles. The molecule has 0 aliphatic carbocycles.